The van der Waals surface area contributed by atoms with Gasteiger partial charge in [-0.05, 0) is 38.1 Å². The van der Waals surface area contributed by atoms with Crippen molar-refractivity contribution >= 4 is 5.69 Å². The molecule has 0 saturated carbocycles. The van der Waals surface area contributed by atoms with Crippen LogP contribution < -0.4 is 5.32 Å². The minimum Gasteiger partial charge on any atom is -0.378 e. The third-order valence-corrected chi connectivity index (χ3v) is 3.25. The van der Waals surface area contributed by atoms with Gasteiger partial charge in [-0.25, -0.2) is 4.68 Å². The molecule has 5 heteroatoms. The van der Waals surface area contributed by atoms with Crippen LogP contribution in [0.4, 0.5) is 5.69 Å². The molecule has 1 fully saturated rings. The van der Waals surface area contributed by atoms with Crippen molar-refractivity contribution in [3.8, 4) is 5.69 Å². The van der Waals surface area contributed by atoms with E-state index in [-0.39, 0.29) is 6.04 Å². The first-order valence-corrected chi connectivity index (χ1v) is 6.77. The zero-order chi connectivity index (χ0) is 14.0. The Morgan fingerprint density at radius 1 is 1.25 bits per heavy atom. The fourth-order valence-corrected chi connectivity index (χ4v) is 2.17. The van der Waals surface area contributed by atoms with E-state index in [0.717, 1.165) is 11.4 Å². The molecule has 1 aliphatic heterocycles. The van der Waals surface area contributed by atoms with Crippen molar-refractivity contribution in [3.05, 3.63) is 42.7 Å². The molecule has 20 heavy (non-hydrogen) atoms. The number of ether oxygens (including phenoxy) is 2. The minimum atomic E-state index is -0.477. The Morgan fingerprint density at radius 2 is 2.05 bits per heavy atom. The molecule has 0 bridgehead atoms. The number of hydrogen-bond donors (Lipinski definition) is 1. The summed E-state index contributed by atoms with van der Waals surface area (Å²) < 4.78 is 13.1. The van der Waals surface area contributed by atoms with Crippen molar-refractivity contribution in [2.45, 2.75) is 25.7 Å². The van der Waals surface area contributed by atoms with Gasteiger partial charge in [-0.1, -0.05) is 6.07 Å². The third kappa shape index (κ3) is 3.00. The van der Waals surface area contributed by atoms with Crippen molar-refractivity contribution in [2.75, 3.05) is 18.5 Å². The maximum Gasteiger partial charge on any atom is 0.162 e. The largest absolute Gasteiger partial charge is 0.378 e. The highest BCUT2D eigenvalue weighted by Crippen LogP contribution is 2.20. The third-order valence-electron chi connectivity index (χ3n) is 3.25. The van der Waals surface area contributed by atoms with Gasteiger partial charge in [-0.3, -0.25) is 0 Å². The van der Waals surface area contributed by atoms with Gasteiger partial charge in [0.05, 0.1) is 24.9 Å². The molecule has 0 aliphatic carbocycles. The SMILES string of the molecule is CC1(C)OCC(Nc2cccc(-n3cccn3)c2)CO1. The summed E-state index contributed by atoms with van der Waals surface area (Å²) in [6, 6.07) is 10.2. The maximum absolute atomic E-state index is 5.65. The van der Waals surface area contributed by atoms with Crippen molar-refractivity contribution in [2.24, 2.45) is 0 Å². The van der Waals surface area contributed by atoms with Crippen LogP contribution in [0.3, 0.4) is 0 Å². The van der Waals surface area contributed by atoms with Gasteiger partial charge in [0.25, 0.3) is 0 Å². The lowest BCUT2D eigenvalue weighted by Gasteiger charge is -2.35. The molecule has 0 spiro atoms. The van der Waals surface area contributed by atoms with Gasteiger partial charge < -0.3 is 14.8 Å². The number of rotatable bonds is 3. The predicted molar refractivity (Wildman–Crippen MR) is 77.0 cm³/mol. The molecule has 2 heterocycles. The summed E-state index contributed by atoms with van der Waals surface area (Å²) in [6.07, 6.45) is 3.69. The van der Waals surface area contributed by atoms with Crippen LogP contribution >= 0.6 is 0 Å². The van der Waals surface area contributed by atoms with E-state index in [0.29, 0.717) is 13.2 Å². The van der Waals surface area contributed by atoms with E-state index in [1.807, 2.05) is 49.0 Å². The maximum atomic E-state index is 5.65. The van der Waals surface area contributed by atoms with E-state index in [1.54, 1.807) is 6.20 Å². The number of nitrogens with zero attached hydrogens (tertiary/aromatic N) is 2. The van der Waals surface area contributed by atoms with Crippen LogP contribution in [0.2, 0.25) is 0 Å². The van der Waals surface area contributed by atoms with E-state index >= 15 is 0 Å². The summed E-state index contributed by atoms with van der Waals surface area (Å²) in [4.78, 5) is 0. The monoisotopic (exact) mass is 273 g/mol. The number of hydrogen-bond acceptors (Lipinski definition) is 4. The first-order valence-electron chi connectivity index (χ1n) is 6.77. The quantitative estimate of drug-likeness (QED) is 0.933. The van der Waals surface area contributed by atoms with Crippen LogP contribution in [0.5, 0.6) is 0 Å². The van der Waals surface area contributed by atoms with E-state index in [2.05, 4.69) is 16.5 Å². The van der Waals surface area contributed by atoms with Crippen LogP contribution in [0.15, 0.2) is 42.7 Å². The molecular formula is C15H19N3O2. The zero-order valence-corrected chi connectivity index (χ0v) is 11.7. The van der Waals surface area contributed by atoms with Gasteiger partial charge in [0.1, 0.15) is 0 Å². The lowest BCUT2D eigenvalue weighted by Crippen LogP contribution is -2.45. The standard InChI is InChI=1S/C15H19N3O2/c1-15(2)19-10-13(11-20-15)17-12-5-3-6-14(9-12)18-8-4-7-16-18/h3-9,13,17H,10-11H2,1-2H3. The van der Waals surface area contributed by atoms with Crippen LogP contribution in [0, 0.1) is 0 Å². The van der Waals surface area contributed by atoms with Crippen LogP contribution in [-0.4, -0.2) is 34.8 Å². The van der Waals surface area contributed by atoms with Crippen molar-refractivity contribution < 1.29 is 9.47 Å². The van der Waals surface area contributed by atoms with E-state index in [1.165, 1.54) is 0 Å². The highest BCUT2D eigenvalue weighted by atomic mass is 16.7. The van der Waals surface area contributed by atoms with Crippen LogP contribution in [0.25, 0.3) is 5.69 Å². The van der Waals surface area contributed by atoms with Crippen LogP contribution in [0.1, 0.15) is 13.8 Å². The zero-order valence-electron chi connectivity index (χ0n) is 11.7. The Balaban J connectivity index is 1.68. The van der Waals surface area contributed by atoms with Gasteiger partial charge in [0.15, 0.2) is 5.79 Å². The topological polar surface area (TPSA) is 48.3 Å². The molecule has 0 amide bonds. The Labute approximate surface area is 118 Å². The number of aromatic nitrogens is 2. The molecule has 5 nitrogen and oxygen atoms in total. The molecular weight excluding hydrogens is 254 g/mol. The van der Waals surface area contributed by atoms with E-state index in [4.69, 9.17) is 9.47 Å². The average Bonchev–Trinajstić information content (AvgIpc) is 2.96. The van der Waals surface area contributed by atoms with Crippen molar-refractivity contribution in [3.63, 3.8) is 0 Å². The van der Waals surface area contributed by atoms with Crippen molar-refractivity contribution in [1.29, 1.82) is 0 Å². The lowest BCUT2D eigenvalue weighted by atomic mass is 10.2. The molecule has 1 saturated heterocycles. The summed E-state index contributed by atoms with van der Waals surface area (Å²) in [5.74, 6) is -0.477. The Hall–Kier alpha value is -1.85. The van der Waals surface area contributed by atoms with E-state index in [9.17, 15) is 0 Å². The summed E-state index contributed by atoms with van der Waals surface area (Å²) in [5.41, 5.74) is 2.06. The number of anilines is 1. The second-order valence-corrected chi connectivity index (χ2v) is 5.36. The first-order chi connectivity index (χ1) is 9.62. The summed E-state index contributed by atoms with van der Waals surface area (Å²) in [6.45, 7) is 5.14. The fourth-order valence-electron chi connectivity index (χ4n) is 2.17. The molecule has 1 N–H and O–H groups in total. The van der Waals surface area contributed by atoms with Gasteiger partial charge in [-0.2, -0.15) is 5.10 Å². The lowest BCUT2D eigenvalue weighted by molar-refractivity contribution is -0.247. The molecule has 0 unspecified atom stereocenters. The summed E-state index contributed by atoms with van der Waals surface area (Å²) in [7, 11) is 0. The smallest absolute Gasteiger partial charge is 0.162 e. The van der Waals surface area contributed by atoms with Gasteiger partial charge >= 0.3 is 0 Å². The molecule has 106 valence electrons. The second-order valence-electron chi connectivity index (χ2n) is 5.36. The summed E-state index contributed by atoms with van der Waals surface area (Å²) in [5, 5.41) is 7.66. The van der Waals surface area contributed by atoms with Crippen molar-refractivity contribution in [1.82, 2.24) is 9.78 Å². The van der Waals surface area contributed by atoms with Gasteiger partial charge in [0.2, 0.25) is 0 Å². The molecule has 1 aromatic heterocycles. The second kappa shape index (κ2) is 5.26. The van der Waals surface area contributed by atoms with E-state index < -0.39 is 5.79 Å². The molecule has 0 atom stereocenters. The Morgan fingerprint density at radius 3 is 2.75 bits per heavy atom. The number of nitrogens with one attached hydrogen (secondary N) is 1. The highest BCUT2D eigenvalue weighted by Gasteiger charge is 2.28. The molecule has 1 aromatic carbocycles. The fraction of sp³-hybridized carbons (Fsp3) is 0.400. The number of benzene rings is 1. The molecule has 3 rings (SSSR count). The molecule has 0 radical (unpaired) electrons. The Bertz CT molecular complexity index is 556. The van der Waals surface area contributed by atoms with Crippen LogP contribution in [-0.2, 0) is 9.47 Å². The van der Waals surface area contributed by atoms with Gasteiger partial charge in [-0.15, -0.1) is 0 Å². The predicted octanol–water partition coefficient (Wildman–Crippen LogP) is 2.44. The van der Waals surface area contributed by atoms with Gasteiger partial charge in [0, 0.05) is 18.1 Å². The summed E-state index contributed by atoms with van der Waals surface area (Å²) >= 11 is 0. The normalized spacial score (nSPS) is 18.9. The highest BCUT2D eigenvalue weighted by molar-refractivity contribution is 5.51. The molecule has 2 aromatic rings. The minimum absolute atomic E-state index is 0.163. The Kier molecular flexibility index (Phi) is 3.46. The molecule has 1 aliphatic rings. The first kappa shape index (κ1) is 13.1. The average molecular weight is 273 g/mol.